The van der Waals surface area contributed by atoms with Crippen molar-refractivity contribution in [1.29, 1.82) is 0 Å². The van der Waals surface area contributed by atoms with E-state index in [0.29, 0.717) is 5.56 Å². The molecule has 0 saturated carbocycles. The Kier molecular flexibility index (Phi) is 4.51. The van der Waals surface area contributed by atoms with Crippen LogP contribution >= 0.6 is 0 Å². The van der Waals surface area contributed by atoms with Crippen molar-refractivity contribution in [2.45, 2.75) is 33.4 Å². The molecule has 1 atom stereocenters. The minimum atomic E-state index is -0.0887. The van der Waals surface area contributed by atoms with E-state index in [4.69, 9.17) is 0 Å². The van der Waals surface area contributed by atoms with Crippen molar-refractivity contribution in [3.8, 4) is 5.69 Å². The van der Waals surface area contributed by atoms with Gasteiger partial charge < -0.3 is 9.88 Å². The van der Waals surface area contributed by atoms with Crippen molar-refractivity contribution in [3.05, 3.63) is 71.8 Å². The van der Waals surface area contributed by atoms with Crippen molar-refractivity contribution in [2.24, 2.45) is 0 Å². The molecule has 5 heteroatoms. The van der Waals surface area contributed by atoms with Crippen LogP contribution in [0.15, 0.2) is 55.0 Å². The number of nitrogens with one attached hydrogen (secondary N) is 1. The summed E-state index contributed by atoms with van der Waals surface area (Å²) < 4.78 is 3.83. The van der Waals surface area contributed by atoms with Gasteiger partial charge in [0.25, 0.3) is 5.91 Å². The number of aryl methyl sites for hydroxylation is 2. The van der Waals surface area contributed by atoms with Crippen LogP contribution in [0.4, 0.5) is 0 Å². The van der Waals surface area contributed by atoms with Crippen molar-refractivity contribution >= 4 is 5.91 Å². The topological polar surface area (TPSA) is 51.9 Å². The molecule has 1 unspecified atom stereocenters. The first-order valence-electron chi connectivity index (χ1n) is 8.16. The third-order valence-electron chi connectivity index (χ3n) is 4.16. The fraction of sp³-hybridized carbons (Fsp3) is 0.263. The maximum atomic E-state index is 12.5. The zero-order chi connectivity index (χ0) is 17.1. The van der Waals surface area contributed by atoms with Gasteiger partial charge in [-0.2, -0.15) is 5.10 Å². The van der Waals surface area contributed by atoms with Crippen LogP contribution in [-0.4, -0.2) is 20.3 Å². The number of aromatic nitrogens is 3. The molecule has 124 valence electrons. The van der Waals surface area contributed by atoms with E-state index in [-0.39, 0.29) is 11.9 Å². The van der Waals surface area contributed by atoms with Crippen LogP contribution in [0.2, 0.25) is 0 Å². The number of hydrogen-bond donors (Lipinski definition) is 1. The molecular formula is C19H22N4O. The quantitative estimate of drug-likeness (QED) is 0.782. The van der Waals surface area contributed by atoms with E-state index in [1.807, 2.05) is 57.4 Å². The van der Waals surface area contributed by atoms with Gasteiger partial charge in [0.15, 0.2) is 0 Å². The number of amides is 1. The minimum absolute atomic E-state index is 0.0689. The Balaban J connectivity index is 1.71. The van der Waals surface area contributed by atoms with Crippen LogP contribution in [0.25, 0.3) is 5.69 Å². The molecule has 0 bridgehead atoms. The highest BCUT2D eigenvalue weighted by atomic mass is 16.1. The van der Waals surface area contributed by atoms with Gasteiger partial charge in [0.2, 0.25) is 0 Å². The molecule has 2 aromatic heterocycles. The second-order valence-corrected chi connectivity index (χ2v) is 5.86. The number of hydrogen-bond acceptors (Lipinski definition) is 2. The fourth-order valence-electron chi connectivity index (χ4n) is 2.70. The zero-order valence-corrected chi connectivity index (χ0v) is 14.2. The Morgan fingerprint density at radius 2 is 1.88 bits per heavy atom. The lowest BCUT2D eigenvalue weighted by Gasteiger charge is -2.15. The third-order valence-corrected chi connectivity index (χ3v) is 4.16. The van der Waals surface area contributed by atoms with Crippen molar-refractivity contribution < 1.29 is 4.79 Å². The molecule has 5 nitrogen and oxygen atoms in total. The molecule has 2 heterocycles. The van der Waals surface area contributed by atoms with Crippen molar-refractivity contribution in [2.75, 3.05) is 0 Å². The van der Waals surface area contributed by atoms with Gasteiger partial charge in [-0.3, -0.25) is 9.48 Å². The highest BCUT2D eigenvalue weighted by Gasteiger charge is 2.16. The second-order valence-electron chi connectivity index (χ2n) is 5.86. The summed E-state index contributed by atoms with van der Waals surface area (Å²) in [6.07, 6.45) is 5.81. The standard InChI is InChI=1S/C19H22N4O/c1-4-23-13-18(15(3)21-23)19(24)20-14(2)16-7-9-17(10-8-16)22-11-5-6-12-22/h5-14H,4H2,1-3H3,(H,20,24). The molecule has 0 saturated heterocycles. The number of benzene rings is 1. The van der Waals surface area contributed by atoms with Gasteiger partial charge in [-0.15, -0.1) is 0 Å². The van der Waals surface area contributed by atoms with E-state index in [1.54, 1.807) is 10.9 Å². The Morgan fingerprint density at radius 1 is 1.21 bits per heavy atom. The van der Waals surface area contributed by atoms with Gasteiger partial charge in [0.1, 0.15) is 0 Å². The predicted octanol–water partition coefficient (Wildman–Crippen LogP) is 3.49. The molecule has 1 N–H and O–H groups in total. The average Bonchev–Trinajstić information content (AvgIpc) is 3.24. The molecule has 1 amide bonds. The van der Waals surface area contributed by atoms with Crippen LogP contribution in [0.1, 0.15) is 41.5 Å². The van der Waals surface area contributed by atoms with E-state index in [1.165, 1.54) is 0 Å². The maximum absolute atomic E-state index is 12.5. The number of carbonyl (C=O) groups excluding carboxylic acids is 1. The van der Waals surface area contributed by atoms with Crippen LogP contribution in [-0.2, 0) is 6.54 Å². The monoisotopic (exact) mass is 322 g/mol. The molecule has 0 spiro atoms. The molecule has 0 aliphatic carbocycles. The van der Waals surface area contributed by atoms with Crippen LogP contribution < -0.4 is 5.32 Å². The molecule has 0 aliphatic rings. The van der Waals surface area contributed by atoms with Crippen molar-refractivity contribution in [1.82, 2.24) is 19.7 Å². The summed E-state index contributed by atoms with van der Waals surface area (Å²) in [5, 5.41) is 7.37. The first-order chi connectivity index (χ1) is 11.6. The molecular weight excluding hydrogens is 300 g/mol. The molecule has 3 rings (SSSR count). The second kappa shape index (κ2) is 6.74. The average molecular weight is 322 g/mol. The minimum Gasteiger partial charge on any atom is -0.345 e. The van der Waals surface area contributed by atoms with E-state index >= 15 is 0 Å². The Labute approximate surface area is 141 Å². The van der Waals surface area contributed by atoms with Gasteiger partial charge in [-0.25, -0.2) is 0 Å². The van der Waals surface area contributed by atoms with Gasteiger partial charge in [0.05, 0.1) is 17.3 Å². The van der Waals surface area contributed by atoms with Crippen LogP contribution in [0.3, 0.4) is 0 Å². The predicted molar refractivity (Wildman–Crippen MR) is 94.3 cm³/mol. The Bertz CT molecular complexity index is 816. The van der Waals surface area contributed by atoms with E-state index < -0.39 is 0 Å². The normalized spacial score (nSPS) is 12.1. The lowest BCUT2D eigenvalue weighted by Crippen LogP contribution is -2.26. The van der Waals surface area contributed by atoms with Gasteiger partial charge in [-0.05, 0) is 50.6 Å². The van der Waals surface area contributed by atoms with Gasteiger partial charge in [0, 0.05) is 30.8 Å². The lowest BCUT2D eigenvalue weighted by molar-refractivity contribution is 0.0939. The largest absolute Gasteiger partial charge is 0.345 e. The Hall–Kier alpha value is -2.82. The highest BCUT2D eigenvalue weighted by Crippen LogP contribution is 2.17. The molecule has 3 aromatic rings. The first-order valence-corrected chi connectivity index (χ1v) is 8.16. The molecule has 0 fully saturated rings. The summed E-state index contributed by atoms with van der Waals surface area (Å²) in [7, 11) is 0. The number of carbonyl (C=O) groups is 1. The molecule has 1 aromatic carbocycles. The van der Waals surface area contributed by atoms with Crippen LogP contribution in [0, 0.1) is 6.92 Å². The summed E-state index contributed by atoms with van der Waals surface area (Å²) in [6, 6.07) is 12.1. The zero-order valence-electron chi connectivity index (χ0n) is 14.2. The molecule has 0 aliphatic heterocycles. The molecule has 0 radical (unpaired) electrons. The summed E-state index contributed by atoms with van der Waals surface area (Å²) in [4.78, 5) is 12.5. The number of nitrogens with zero attached hydrogens (tertiary/aromatic N) is 3. The number of rotatable bonds is 5. The van der Waals surface area contributed by atoms with Crippen molar-refractivity contribution in [3.63, 3.8) is 0 Å². The smallest absolute Gasteiger partial charge is 0.255 e. The maximum Gasteiger partial charge on any atom is 0.255 e. The third kappa shape index (κ3) is 3.25. The van der Waals surface area contributed by atoms with E-state index in [9.17, 15) is 4.79 Å². The van der Waals surface area contributed by atoms with Gasteiger partial charge in [-0.1, -0.05) is 12.1 Å². The van der Waals surface area contributed by atoms with E-state index in [2.05, 4.69) is 27.1 Å². The Morgan fingerprint density at radius 3 is 2.46 bits per heavy atom. The van der Waals surface area contributed by atoms with Crippen LogP contribution in [0.5, 0.6) is 0 Å². The summed E-state index contributed by atoms with van der Waals surface area (Å²) in [6.45, 7) is 6.60. The fourth-order valence-corrected chi connectivity index (χ4v) is 2.70. The summed E-state index contributed by atoms with van der Waals surface area (Å²) in [5.74, 6) is -0.0887. The SMILES string of the molecule is CCn1cc(C(=O)NC(C)c2ccc(-n3cccc3)cc2)c(C)n1. The van der Waals surface area contributed by atoms with Gasteiger partial charge >= 0.3 is 0 Å². The molecule has 24 heavy (non-hydrogen) atoms. The highest BCUT2D eigenvalue weighted by molar-refractivity contribution is 5.95. The summed E-state index contributed by atoms with van der Waals surface area (Å²) >= 11 is 0. The first kappa shape index (κ1) is 16.1. The lowest BCUT2D eigenvalue weighted by atomic mass is 10.1. The summed E-state index contributed by atoms with van der Waals surface area (Å²) in [5.41, 5.74) is 3.55. The van der Waals surface area contributed by atoms with E-state index in [0.717, 1.165) is 23.5 Å².